The minimum absolute atomic E-state index is 0.387. The fraction of sp³-hybridized carbons (Fsp3) is 0.240. The van der Waals surface area contributed by atoms with E-state index in [4.69, 9.17) is 0 Å². The first-order valence-corrected chi connectivity index (χ1v) is 10.3. The third-order valence-electron chi connectivity index (χ3n) is 5.79. The van der Waals surface area contributed by atoms with E-state index in [2.05, 4.69) is 91.1 Å². The van der Waals surface area contributed by atoms with Gasteiger partial charge in [0, 0.05) is 39.6 Å². The summed E-state index contributed by atoms with van der Waals surface area (Å²) in [4.78, 5) is 12.6. The lowest BCUT2D eigenvalue weighted by Gasteiger charge is -2.11. The lowest BCUT2D eigenvalue weighted by molar-refractivity contribution is 0.878. The Hall–Kier alpha value is -3.47. The number of aromatic amines is 1. The van der Waals surface area contributed by atoms with Gasteiger partial charge in [-0.15, -0.1) is 0 Å². The Balaban J connectivity index is 1.74. The molecule has 0 spiro atoms. The van der Waals surface area contributed by atoms with Crippen molar-refractivity contribution in [3.05, 3.63) is 71.4 Å². The lowest BCUT2D eigenvalue weighted by Crippen LogP contribution is -1.94. The molecule has 30 heavy (non-hydrogen) atoms. The van der Waals surface area contributed by atoms with Gasteiger partial charge in [0.1, 0.15) is 6.33 Å². The van der Waals surface area contributed by atoms with Gasteiger partial charge in [-0.2, -0.15) is 5.10 Å². The maximum Gasteiger partial charge on any atom is 0.158 e. The molecule has 0 aliphatic rings. The van der Waals surface area contributed by atoms with Crippen LogP contribution in [0.2, 0.25) is 0 Å². The van der Waals surface area contributed by atoms with Gasteiger partial charge in [-0.1, -0.05) is 19.9 Å². The third-order valence-corrected chi connectivity index (χ3v) is 5.79. The van der Waals surface area contributed by atoms with E-state index in [1.54, 1.807) is 6.33 Å². The second-order valence-electron chi connectivity index (χ2n) is 8.35. The summed E-state index contributed by atoms with van der Waals surface area (Å²) in [5.41, 5.74) is 11.4. The van der Waals surface area contributed by atoms with Crippen LogP contribution in [-0.4, -0.2) is 24.6 Å². The lowest BCUT2D eigenvalue weighted by atomic mass is 9.93. The molecule has 150 valence electrons. The van der Waals surface area contributed by atoms with Crippen LogP contribution in [0.3, 0.4) is 0 Å². The van der Waals surface area contributed by atoms with Gasteiger partial charge in [0.2, 0.25) is 0 Å². The summed E-state index contributed by atoms with van der Waals surface area (Å²) < 4.78 is 1.82. The second kappa shape index (κ2) is 6.80. The Bertz CT molecular complexity index is 1380. The van der Waals surface area contributed by atoms with Gasteiger partial charge in [-0.05, 0) is 73.7 Å². The Labute approximate surface area is 175 Å². The van der Waals surface area contributed by atoms with E-state index in [0.717, 1.165) is 28.1 Å². The van der Waals surface area contributed by atoms with Gasteiger partial charge < -0.3 is 4.98 Å². The van der Waals surface area contributed by atoms with Crippen LogP contribution in [0.4, 0.5) is 0 Å². The maximum atomic E-state index is 4.55. The second-order valence-corrected chi connectivity index (χ2v) is 8.35. The van der Waals surface area contributed by atoms with Crippen LogP contribution in [0.15, 0.2) is 48.9 Å². The molecule has 1 N–H and O–H groups in total. The summed E-state index contributed by atoms with van der Waals surface area (Å²) in [6, 6.07) is 13.1. The zero-order valence-corrected chi connectivity index (χ0v) is 18.0. The van der Waals surface area contributed by atoms with Crippen molar-refractivity contribution >= 4 is 16.6 Å². The van der Waals surface area contributed by atoms with Crippen LogP contribution >= 0.6 is 0 Å². The van der Waals surface area contributed by atoms with E-state index in [1.807, 2.05) is 10.7 Å². The first-order valence-electron chi connectivity index (χ1n) is 10.3. The Morgan fingerprint density at radius 3 is 2.43 bits per heavy atom. The summed E-state index contributed by atoms with van der Waals surface area (Å²) in [5, 5.41) is 5.52. The topological polar surface area (TPSA) is 58.9 Å². The summed E-state index contributed by atoms with van der Waals surface area (Å²) in [5.74, 6) is 0.387. The van der Waals surface area contributed by atoms with E-state index in [0.29, 0.717) is 5.92 Å². The molecule has 5 aromatic rings. The summed E-state index contributed by atoms with van der Waals surface area (Å²) in [7, 11) is 0. The molecule has 0 radical (unpaired) electrons. The highest BCUT2D eigenvalue weighted by molar-refractivity contribution is 5.94. The average molecular weight is 396 g/mol. The highest BCUT2D eigenvalue weighted by Crippen LogP contribution is 2.38. The first-order chi connectivity index (χ1) is 14.4. The molecule has 0 bridgehead atoms. The number of aromatic nitrogens is 5. The van der Waals surface area contributed by atoms with Crippen molar-refractivity contribution in [3.8, 4) is 22.4 Å². The zero-order chi connectivity index (χ0) is 21.0. The SMILES string of the molecule is Cc1cc(-c2[nH]c3ccc(-c4ccn5ncnc5c4C)cc3c2C(C)C)cc(C)n1. The standard InChI is InChI=1S/C25H25N5/c1-14(2)23-21-12-18(20-8-9-30-25(17(20)5)26-13-27-30)6-7-22(21)29-24(23)19-10-15(3)28-16(4)11-19/h6-14,29H,1-5H3. The normalized spacial score (nSPS) is 11.8. The summed E-state index contributed by atoms with van der Waals surface area (Å²) >= 11 is 0. The van der Waals surface area contributed by atoms with Crippen molar-refractivity contribution in [1.29, 1.82) is 0 Å². The molecule has 4 aromatic heterocycles. The molecule has 0 aliphatic heterocycles. The number of hydrogen-bond acceptors (Lipinski definition) is 3. The number of fused-ring (bicyclic) bond motifs is 2. The molecule has 0 saturated heterocycles. The Morgan fingerprint density at radius 1 is 0.933 bits per heavy atom. The quantitative estimate of drug-likeness (QED) is 0.408. The van der Waals surface area contributed by atoms with Gasteiger partial charge in [0.25, 0.3) is 0 Å². The minimum atomic E-state index is 0.387. The number of nitrogens with one attached hydrogen (secondary N) is 1. The molecule has 5 nitrogen and oxygen atoms in total. The Kier molecular flexibility index (Phi) is 4.21. The first kappa shape index (κ1) is 18.6. The molecule has 5 heteroatoms. The number of benzene rings is 1. The molecular weight excluding hydrogens is 370 g/mol. The van der Waals surface area contributed by atoms with Gasteiger partial charge >= 0.3 is 0 Å². The van der Waals surface area contributed by atoms with Crippen LogP contribution < -0.4 is 0 Å². The van der Waals surface area contributed by atoms with Crippen molar-refractivity contribution in [2.45, 2.75) is 40.5 Å². The molecule has 1 aromatic carbocycles. The number of nitrogens with zero attached hydrogens (tertiary/aromatic N) is 4. The molecule has 0 atom stereocenters. The molecule has 0 saturated carbocycles. The Morgan fingerprint density at radius 2 is 1.70 bits per heavy atom. The van der Waals surface area contributed by atoms with E-state index >= 15 is 0 Å². The smallest absolute Gasteiger partial charge is 0.158 e. The molecule has 0 aliphatic carbocycles. The van der Waals surface area contributed by atoms with Crippen molar-refractivity contribution in [1.82, 2.24) is 24.6 Å². The molecule has 0 fully saturated rings. The summed E-state index contributed by atoms with van der Waals surface area (Å²) in [6.07, 6.45) is 3.58. The number of pyridine rings is 2. The molecule has 0 unspecified atom stereocenters. The van der Waals surface area contributed by atoms with Crippen molar-refractivity contribution in [2.24, 2.45) is 0 Å². The largest absolute Gasteiger partial charge is 0.354 e. The van der Waals surface area contributed by atoms with E-state index in [-0.39, 0.29) is 0 Å². The number of aryl methyl sites for hydroxylation is 3. The summed E-state index contributed by atoms with van der Waals surface area (Å²) in [6.45, 7) is 10.7. The van der Waals surface area contributed by atoms with Gasteiger partial charge in [-0.3, -0.25) is 4.98 Å². The third kappa shape index (κ3) is 2.89. The molecule has 4 heterocycles. The molecular formula is C25H25N5. The minimum Gasteiger partial charge on any atom is -0.354 e. The molecule has 0 amide bonds. The van der Waals surface area contributed by atoms with Crippen LogP contribution in [0, 0.1) is 20.8 Å². The predicted molar refractivity (Wildman–Crippen MR) is 122 cm³/mol. The zero-order valence-electron chi connectivity index (χ0n) is 18.0. The fourth-order valence-corrected chi connectivity index (χ4v) is 4.52. The van der Waals surface area contributed by atoms with E-state index < -0.39 is 0 Å². The van der Waals surface area contributed by atoms with E-state index in [9.17, 15) is 0 Å². The van der Waals surface area contributed by atoms with Crippen LogP contribution in [0.25, 0.3) is 38.9 Å². The number of hydrogen-bond donors (Lipinski definition) is 1. The van der Waals surface area contributed by atoms with Gasteiger partial charge in [-0.25, -0.2) is 9.50 Å². The maximum absolute atomic E-state index is 4.55. The van der Waals surface area contributed by atoms with Crippen LogP contribution in [0.5, 0.6) is 0 Å². The van der Waals surface area contributed by atoms with Crippen molar-refractivity contribution in [2.75, 3.05) is 0 Å². The highest BCUT2D eigenvalue weighted by atomic mass is 15.3. The van der Waals surface area contributed by atoms with Crippen molar-refractivity contribution < 1.29 is 0 Å². The van der Waals surface area contributed by atoms with E-state index in [1.165, 1.54) is 33.3 Å². The molecule has 5 rings (SSSR count). The van der Waals surface area contributed by atoms with Crippen molar-refractivity contribution in [3.63, 3.8) is 0 Å². The average Bonchev–Trinajstić information content (AvgIpc) is 3.32. The number of H-pyrrole nitrogens is 1. The monoisotopic (exact) mass is 395 g/mol. The number of rotatable bonds is 3. The van der Waals surface area contributed by atoms with Crippen LogP contribution in [-0.2, 0) is 0 Å². The van der Waals surface area contributed by atoms with Crippen LogP contribution in [0.1, 0.15) is 42.3 Å². The highest BCUT2D eigenvalue weighted by Gasteiger charge is 2.18. The van der Waals surface area contributed by atoms with Gasteiger partial charge in [0.15, 0.2) is 5.65 Å². The fourth-order valence-electron chi connectivity index (χ4n) is 4.52. The predicted octanol–water partition coefficient (Wildman–Crippen LogP) is 5.99. The van der Waals surface area contributed by atoms with Gasteiger partial charge in [0.05, 0.1) is 5.69 Å².